The van der Waals surface area contributed by atoms with Gasteiger partial charge in [0.1, 0.15) is 11.3 Å². The highest BCUT2D eigenvalue weighted by Gasteiger charge is 2.18. The van der Waals surface area contributed by atoms with Gasteiger partial charge in [0.15, 0.2) is 0 Å². The fraction of sp³-hybridized carbons (Fsp3) is 0.312. The largest absolute Gasteiger partial charge is 0.462 e. The van der Waals surface area contributed by atoms with Gasteiger partial charge in [0, 0.05) is 6.54 Å². The van der Waals surface area contributed by atoms with Crippen LogP contribution >= 0.6 is 0 Å². The highest BCUT2D eigenvalue weighted by atomic mass is 16.5. The Labute approximate surface area is 131 Å². The van der Waals surface area contributed by atoms with Crippen LogP contribution in [0.25, 0.3) is 11.0 Å². The lowest BCUT2D eigenvalue weighted by molar-refractivity contribution is 0.0493. The molecule has 0 atom stereocenters. The Hall–Kier alpha value is -2.83. The number of aromatic nitrogens is 3. The lowest BCUT2D eigenvalue weighted by Gasteiger charge is -2.05. The van der Waals surface area contributed by atoms with Crippen LogP contribution in [0, 0.1) is 13.8 Å². The summed E-state index contributed by atoms with van der Waals surface area (Å²) in [6.07, 6.45) is 0.539. The van der Waals surface area contributed by atoms with Crippen LogP contribution in [0.2, 0.25) is 0 Å². The number of nitrogens with one attached hydrogen (secondary N) is 1. The first-order valence-electron chi connectivity index (χ1n) is 7.35. The van der Waals surface area contributed by atoms with Crippen LogP contribution in [-0.2, 0) is 11.3 Å². The van der Waals surface area contributed by atoms with Gasteiger partial charge in [0.05, 0.1) is 23.3 Å². The minimum atomic E-state index is -0.451. The molecule has 1 aromatic carbocycles. The highest BCUT2D eigenvalue weighted by Crippen LogP contribution is 2.14. The molecule has 0 saturated carbocycles. The van der Waals surface area contributed by atoms with Crippen molar-refractivity contribution in [1.29, 1.82) is 0 Å². The van der Waals surface area contributed by atoms with E-state index in [1.807, 2.05) is 24.3 Å². The third kappa shape index (κ3) is 2.90. The third-order valence-electron chi connectivity index (χ3n) is 3.68. The van der Waals surface area contributed by atoms with Crippen molar-refractivity contribution in [2.45, 2.75) is 26.8 Å². The summed E-state index contributed by atoms with van der Waals surface area (Å²) in [5.41, 5.74) is 2.36. The van der Waals surface area contributed by atoms with Crippen molar-refractivity contribution in [3.05, 3.63) is 51.8 Å². The number of rotatable bonds is 5. The number of aryl methyl sites for hydroxylation is 3. The maximum absolute atomic E-state index is 12.0. The molecular weight excluding hydrogens is 298 g/mol. The maximum atomic E-state index is 12.0. The maximum Gasteiger partial charge on any atom is 0.343 e. The first-order valence-corrected chi connectivity index (χ1v) is 7.35. The van der Waals surface area contributed by atoms with Gasteiger partial charge < -0.3 is 14.2 Å². The molecule has 3 rings (SSSR count). The predicted octanol–water partition coefficient (Wildman–Crippen LogP) is 2.18. The number of fused-ring (bicyclic) bond motifs is 1. The number of hydrogen-bond acceptors (Lipinski definition) is 5. The van der Waals surface area contributed by atoms with E-state index in [1.165, 1.54) is 0 Å². The van der Waals surface area contributed by atoms with Crippen molar-refractivity contribution in [1.82, 2.24) is 14.7 Å². The summed E-state index contributed by atoms with van der Waals surface area (Å²) in [5, 5.41) is 3.73. The second kappa shape index (κ2) is 6.12. The molecule has 0 unspecified atom stereocenters. The molecule has 7 nitrogen and oxygen atoms in total. The summed E-state index contributed by atoms with van der Waals surface area (Å²) >= 11 is 0. The average molecular weight is 315 g/mol. The molecule has 7 heteroatoms. The number of nitrogens with zero attached hydrogens (tertiary/aromatic N) is 2. The minimum absolute atomic E-state index is 0.164. The fourth-order valence-electron chi connectivity index (χ4n) is 2.56. The quantitative estimate of drug-likeness (QED) is 0.575. The van der Waals surface area contributed by atoms with Gasteiger partial charge in [0.25, 0.3) is 0 Å². The summed E-state index contributed by atoms with van der Waals surface area (Å²) in [4.78, 5) is 26.7. The molecule has 0 spiro atoms. The van der Waals surface area contributed by atoms with Crippen molar-refractivity contribution in [2.75, 3.05) is 6.61 Å². The van der Waals surface area contributed by atoms with E-state index in [-0.39, 0.29) is 12.3 Å². The second-order valence-electron chi connectivity index (χ2n) is 5.29. The Morgan fingerprint density at radius 3 is 2.87 bits per heavy atom. The smallest absolute Gasteiger partial charge is 0.343 e. The summed E-state index contributed by atoms with van der Waals surface area (Å²) in [6.45, 7) is 4.05. The van der Waals surface area contributed by atoms with Crippen molar-refractivity contribution >= 4 is 17.0 Å². The number of carbonyl (C=O) groups excluding carboxylic acids is 1. The highest BCUT2D eigenvalue weighted by molar-refractivity contribution is 5.91. The van der Waals surface area contributed by atoms with Crippen LogP contribution in [-0.4, -0.2) is 27.3 Å². The number of ether oxygens (including phenoxy) is 1. The van der Waals surface area contributed by atoms with Gasteiger partial charge in [-0.3, -0.25) is 4.57 Å². The van der Waals surface area contributed by atoms with E-state index in [1.54, 1.807) is 18.4 Å². The number of aromatic amines is 1. The lowest BCUT2D eigenvalue weighted by Crippen LogP contribution is -2.18. The summed E-state index contributed by atoms with van der Waals surface area (Å²) < 4.78 is 11.8. The number of benzene rings is 1. The molecule has 0 aliphatic carbocycles. The van der Waals surface area contributed by atoms with Gasteiger partial charge in [-0.25, -0.2) is 9.59 Å². The summed E-state index contributed by atoms with van der Waals surface area (Å²) in [7, 11) is 0. The second-order valence-corrected chi connectivity index (χ2v) is 5.29. The normalized spacial score (nSPS) is 11.0. The van der Waals surface area contributed by atoms with Gasteiger partial charge in [-0.1, -0.05) is 17.3 Å². The first kappa shape index (κ1) is 15.1. The number of hydrogen-bond donors (Lipinski definition) is 1. The molecule has 23 heavy (non-hydrogen) atoms. The predicted molar refractivity (Wildman–Crippen MR) is 83.4 cm³/mol. The number of carbonyl (C=O) groups is 1. The molecule has 0 saturated heterocycles. The van der Waals surface area contributed by atoms with E-state index in [9.17, 15) is 9.59 Å². The van der Waals surface area contributed by atoms with E-state index in [2.05, 4.69) is 10.1 Å². The van der Waals surface area contributed by atoms with Gasteiger partial charge >= 0.3 is 11.7 Å². The van der Waals surface area contributed by atoms with Crippen LogP contribution in [0.15, 0.2) is 33.6 Å². The lowest BCUT2D eigenvalue weighted by atomic mass is 10.2. The van der Waals surface area contributed by atoms with Crippen LogP contribution < -0.4 is 5.69 Å². The van der Waals surface area contributed by atoms with Crippen molar-refractivity contribution in [3.63, 3.8) is 0 Å². The van der Waals surface area contributed by atoms with Gasteiger partial charge in [0.2, 0.25) is 0 Å². The summed E-state index contributed by atoms with van der Waals surface area (Å²) in [5.74, 6) is -0.00660. The van der Waals surface area contributed by atoms with Gasteiger partial charge in [-0.05, 0) is 32.4 Å². The Bertz CT molecular complexity index is 884. The number of H-pyrrole nitrogens is 1. The summed E-state index contributed by atoms with van der Waals surface area (Å²) in [6, 6.07) is 7.48. The average Bonchev–Trinajstić information content (AvgIpc) is 3.03. The third-order valence-corrected chi connectivity index (χ3v) is 3.68. The zero-order valence-electron chi connectivity index (χ0n) is 13.0. The van der Waals surface area contributed by atoms with Crippen LogP contribution in [0.5, 0.6) is 0 Å². The zero-order valence-corrected chi connectivity index (χ0v) is 13.0. The van der Waals surface area contributed by atoms with Crippen LogP contribution in [0.4, 0.5) is 0 Å². The Balaban J connectivity index is 1.60. The molecule has 0 bridgehead atoms. The SMILES string of the molecule is Cc1noc(C)c1C(=O)OCCCn1c(=O)[nH]c2ccccc21. The molecule has 0 amide bonds. The molecule has 1 N–H and O–H groups in total. The molecule has 0 radical (unpaired) electrons. The zero-order chi connectivity index (χ0) is 16.4. The first-order chi connectivity index (χ1) is 11.1. The minimum Gasteiger partial charge on any atom is -0.462 e. The van der Waals surface area contributed by atoms with Crippen LogP contribution in [0.1, 0.15) is 28.2 Å². The van der Waals surface area contributed by atoms with Crippen molar-refractivity contribution in [3.8, 4) is 0 Å². The molecule has 2 heterocycles. The van der Waals surface area contributed by atoms with Gasteiger partial charge in [-0.15, -0.1) is 0 Å². The molecule has 2 aromatic heterocycles. The Morgan fingerprint density at radius 2 is 2.13 bits per heavy atom. The van der Waals surface area contributed by atoms with E-state index < -0.39 is 5.97 Å². The Kier molecular flexibility index (Phi) is 4.01. The monoisotopic (exact) mass is 315 g/mol. The molecule has 0 aliphatic heterocycles. The standard InChI is InChI=1S/C16H17N3O4/c1-10-14(11(2)23-18-10)15(20)22-9-5-8-19-13-7-4-3-6-12(13)17-16(19)21/h3-4,6-7H,5,8-9H2,1-2H3,(H,17,21). The number of esters is 1. The number of para-hydroxylation sites is 2. The topological polar surface area (TPSA) is 90.1 Å². The van der Waals surface area contributed by atoms with Crippen molar-refractivity contribution in [2.24, 2.45) is 0 Å². The molecule has 120 valence electrons. The Morgan fingerprint density at radius 1 is 1.35 bits per heavy atom. The molecule has 0 aliphatic rings. The van der Waals surface area contributed by atoms with Crippen molar-refractivity contribution < 1.29 is 14.1 Å². The molecular formula is C16H17N3O4. The fourth-order valence-corrected chi connectivity index (χ4v) is 2.56. The van der Waals surface area contributed by atoms with Crippen LogP contribution in [0.3, 0.4) is 0 Å². The van der Waals surface area contributed by atoms with Gasteiger partial charge in [-0.2, -0.15) is 0 Å². The molecule has 3 aromatic rings. The van der Waals surface area contributed by atoms with E-state index in [4.69, 9.17) is 9.26 Å². The number of imidazole rings is 1. The molecule has 0 fully saturated rings. The van der Waals surface area contributed by atoms with E-state index in [0.29, 0.717) is 30.0 Å². The van der Waals surface area contributed by atoms with E-state index >= 15 is 0 Å². The van der Waals surface area contributed by atoms with E-state index in [0.717, 1.165) is 11.0 Å².